The molecule has 188 valence electrons. The Labute approximate surface area is 219 Å². The monoisotopic (exact) mass is 552 g/mol. The van der Waals surface area contributed by atoms with Crippen LogP contribution in [0.4, 0.5) is 4.39 Å². The molecule has 0 bridgehead atoms. The molecule has 1 atom stereocenters. The molecule has 1 N–H and O–H groups in total. The lowest BCUT2D eigenvalue weighted by Gasteiger charge is -2.32. The minimum atomic E-state index is -0.707. The number of amides is 2. The Kier molecular flexibility index (Phi) is 9.11. The topological polar surface area (TPSA) is 58.6 Å². The summed E-state index contributed by atoms with van der Waals surface area (Å²) >= 11 is 3.45. The fraction of sp³-hybridized carbons (Fsp3) is 0.310. The number of carbonyl (C=O) groups excluding carboxylic acids is 2. The molecule has 0 heterocycles. The van der Waals surface area contributed by atoms with Crippen molar-refractivity contribution in [2.24, 2.45) is 0 Å². The molecule has 4 rings (SSSR count). The Morgan fingerprint density at radius 2 is 1.61 bits per heavy atom. The highest BCUT2D eigenvalue weighted by atomic mass is 79.9. The molecule has 0 spiro atoms. The van der Waals surface area contributed by atoms with Gasteiger partial charge in [0.25, 0.3) is 5.91 Å². The van der Waals surface area contributed by atoms with Crippen LogP contribution < -0.4 is 10.1 Å². The zero-order chi connectivity index (χ0) is 25.3. The van der Waals surface area contributed by atoms with E-state index in [-0.39, 0.29) is 36.8 Å². The van der Waals surface area contributed by atoms with Gasteiger partial charge in [0, 0.05) is 23.5 Å². The van der Waals surface area contributed by atoms with Crippen molar-refractivity contribution in [2.45, 2.75) is 50.7 Å². The maximum absolute atomic E-state index is 13.6. The van der Waals surface area contributed by atoms with Crippen molar-refractivity contribution < 1.29 is 18.7 Å². The molecule has 0 aromatic heterocycles. The van der Waals surface area contributed by atoms with Crippen LogP contribution in [0.25, 0.3) is 0 Å². The first-order valence-corrected chi connectivity index (χ1v) is 13.0. The fourth-order valence-corrected chi connectivity index (χ4v) is 4.73. The van der Waals surface area contributed by atoms with Gasteiger partial charge in [-0.2, -0.15) is 0 Å². The molecule has 1 aliphatic rings. The molecule has 1 fully saturated rings. The summed E-state index contributed by atoms with van der Waals surface area (Å²) in [5, 5.41) is 3.19. The third kappa shape index (κ3) is 7.40. The van der Waals surface area contributed by atoms with E-state index in [2.05, 4.69) is 21.2 Å². The summed E-state index contributed by atoms with van der Waals surface area (Å²) in [6.07, 6.45) is 4.50. The van der Waals surface area contributed by atoms with Crippen molar-refractivity contribution in [3.8, 4) is 5.75 Å². The van der Waals surface area contributed by atoms with Gasteiger partial charge in [0.1, 0.15) is 17.6 Å². The van der Waals surface area contributed by atoms with E-state index in [9.17, 15) is 14.0 Å². The summed E-state index contributed by atoms with van der Waals surface area (Å²) in [5.74, 6) is -0.455. The second kappa shape index (κ2) is 12.7. The zero-order valence-electron chi connectivity index (χ0n) is 20.0. The number of carbonyl (C=O) groups is 2. The Balaban J connectivity index is 1.59. The van der Waals surface area contributed by atoms with Crippen LogP contribution in [-0.2, 0) is 22.6 Å². The van der Waals surface area contributed by atoms with Gasteiger partial charge in [-0.15, -0.1) is 0 Å². The molecule has 0 saturated heterocycles. The molecule has 0 radical (unpaired) electrons. The number of benzene rings is 3. The Hall–Kier alpha value is -3.19. The van der Waals surface area contributed by atoms with E-state index in [0.717, 1.165) is 41.3 Å². The number of nitrogens with one attached hydrogen (secondary N) is 1. The molecule has 1 aliphatic carbocycles. The number of rotatable bonds is 10. The van der Waals surface area contributed by atoms with Crippen LogP contribution in [-0.4, -0.2) is 35.4 Å². The molecule has 5 nitrogen and oxygen atoms in total. The molecular weight excluding hydrogens is 523 g/mol. The summed E-state index contributed by atoms with van der Waals surface area (Å²) < 4.78 is 19.9. The van der Waals surface area contributed by atoms with E-state index in [1.807, 2.05) is 54.6 Å². The number of hydrogen-bond acceptors (Lipinski definition) is 3. The van der Waals surface area contributed by atoms with Gasteiger partial charge >= 0.3 is 0 Å². The van der Waals surface area contributed by atoms with Crippen molar-refractivity contribution in [3.05, 3.63) is 100 Å². The van der Waals surface area contributed by atoms with Gasteiger partial charge in [-0.05, 0) is 60.4 Å². The SMILES string of the molecule is O=C(NC1CCCC1)[C@H](Cc1ccccc1)N(Cc1ccc(Br)cc1)C(=O)COc1ccc(F)cc1. The predicted octanol–water partition coefficient (Wildman–Crippen LogP) is 5.67. The van der Waals surface area contributed by atoms with E-state index < -0.39 is 6.04 Å². The minimum Gasteiger partial charge on any atom is -0.484 e. The second-order valence-corrected chi connectivity index (χ2v) is 10.0. The van der Waals surface area contributed by atoms with Crippen LogP contribution in [0.1, 0.15) is 36.8 Å². The maximum Gasteiger partial charge on any atom is 0.261 e. The molecule has 0 aliphatic heterocycles. The standard InChI is InChI=1S/C29H30BrFN2O3/c30-23-12-10-22(11-13-23)19-33(28(34)20-36-26-16-14-24(31)15-17-26)27(18-21-6-2-1-3-7-21)29(35)32-25-8-4-5-9-25/h1-3,6-7,10-17,25,27H,4-5,8-9,18-20H2,(H,32,35)/t27-/m0/s1. The summed E-state index contributed by atoms with van der Waals surface area (Å²) in [6, 6.07) is 22.4. The summed E-state index contributed by atoms with van der Waals surface area (Å²) in [4.78, 5) is 28.8. The van der Waals surface area contributed by atoms with Gasteiger partial charge in [-0.3, -0.25) is 9.59 Å². The van der Waals surface area contributed by atoms with Gasteiger partial charge < -0.3 is 15.0 Å². The molecule has 3 aromatic rings. The van der Waals surface area contributed by atoms with Crippen LogP contribution >= 0.6 is 15.9 Å². The van der Waals surface area contributed by atoms with Gasteiger partial charge in [-0.25, -0.2) is 4.39 Å². The highest BCUT2D eigenvalue weighted by Gasteiger charge is 2.32. The highest BCUT2D eigenvalue weighted by Crippen LogP contribution is 2.21. The lowest BCUT2D eigenvalue weighted by molar-refractivity contribution is -0.143. The number of hydrogen-bond donors (Lipinski definition) is 1. The Morgan fingerprint density at radius 1 is 0.944 bits per heavy atom. The lowest BCUT2D eigenvalue weighted by Crippen LogP contribution is -2.53. The normalized spacial score (nSPS) is 14.3. The summed E-state index contributed by atoms with van der Waals surface area (Å²) in [6.45, 7) is -0.00135. The van der Waals surface area contributed by atoms with E-state index in [4.69, 9.17) is 4.74 Å². The van der Waals surface area contributed by atoms with E-state index >= 15 is 0 Å². The maximum atomic E-state index is 13.6. The quantitative estimate of drug-likeness (QED) is 0.352. The van der Waals surface area contributed by atoms with Crippen LogP contribution in [0, 0.1) is 5.82 Å². The molecule has 36 heavy (non-hydrogen) atoms. The molecule has 3 aromatic carbocycles. The molecule has 1 saturated carbocycles. The second-order valence-electron chi connectivity index (χ2n) is 9.09. The van der Waals surface area contributed by atoms with Gasteiger partial charge in [-0.1, -0.05) is 71.2 Å². The summed E-state index contributed by atoms with van der Waals surface area (Å²) in [7, 11) is 0. The van der Waals surface area contributed by atoms with Crippen LogP contribution in [0.2, 0.25) is 0 Å². The summed E-state index contributed by atoms with van der Waals surface area (Å²) in [5.41, 5.74) is 1.87. The van der Waals surface area contributed by atoms with Gasteiger partial charge in [0.2, 0.25) is 5.91 Å². The molecular formula is C29H30BrFN2O3. The largest absolute Gasteiger partial charge is 0.484 e. The van der Waals surface area contributed by atoms with Crippen molar-refractivity contribution in [1.82, 2.24) is 10.2 Å². The zero-order valence-corrected chi connectivity index (χ0v) is 21.6. The first-order valence-electron chi connectivity index (χ1n) is 12.2. The average molecular weight is 553 g/mol. The first kappa shape index (κ1) is 25.9. The van der Waals surface area contributed by atoms with Gasteiger partial charge in [0.15, 0.2) is 6.61 Å². The van der Waals surface area contributed by atoms with Crippen molar-refractivity contribution in [1.29, 1.82) is 0 Å². The third-order valence-electron chi connectivity index (χ3n) is 6.41. The smallest absolute Gasteiger partial charge is 0.261 e. The average Bonchev–Trinajstić information content (AvgIpc) is 3.40. The van der Waals surface area contributed by atoms with Crippen LogP contribution in [0.3, 0.4) is 0 Å². The fourth-order valence-electron chi connectivity index (χ4n) is 4.47. The lowest BCUT2D eigenvalue weighted by atomic mass is 10.0. The van der Waals surface area contributed by atoms with Crippen LogP contribution in [0.5, 0.6) is 5.75 Å². The van der Waals surface area contributed by atoms with Crippen molar-refractivity contribution in [3.63, 3.8) is 0 Å². The third-order valence-corrected chi connectivity index (χ3v) is 6.94. The minimum absolute atomic E-state index is 0.135. The van der Waals surface area contributed by atoms with E-state index in [1.54, 1.807) is 4.90 Å². The number of halogens is 2. The first-order chi connectivity index (χ1) is 17.5. The highest BCUT2D eigenvalue weighted by molar-refractivity contribution is 9.10. The Bertz CT molecular complexity index is 1130. The van der Waals surface area contributed by atoms with E-state index in [1.165, 1.54) is 24.3 Å². The van der Waals surface area contributed by atoms with Crippen molar-refractivity contribution in [2.75, 3.05) is 6.61 Å². The Morgan fingerprint density at radius 3 is 2.28 bits per heavy atom. The van der Waals surface area contributed by atoms with Crippen LogP contribution in [0.15, 0.2) is 83.3 Å². The predicted molar refractivity (Wildman–Crippen MR) is 141 cm³/mol. The van der Waals surface area contributed by atoms with Crippen molar-refractivity contribution >= 4 is 27.7 Å². The molecule has 2 amide bonds. The number of ether oxygens (including phenoxy) is 1. The number of nitrogens with zero attached hydrogens (tertiary/aromatic N) is 1. The van der Waals surface area contributed by atoms with E-state index in [0.29, 0.717) is 12.2 Å². The van der Waals surface area contributed by atoms with Gasteiger partial charge in [0.05, 0.1) is 0 Å². The molecule has 0 unspecified atom stereocenters. The molecule has 7 heteroatoms.